The van der Waals surface area contributed by atoms with E-state index in [0.717, 1.165) is 46.1 Å². The molecule has 1 fully saturated rings. The molecule has 4 aromatic rings. The van der Waals surface area contributed by atoms with Crippen molar-refractivity contribution in [2.24, 2.45) is 18.9 Å². The maximum atomic E-state index is 14.3. The first-order chi connectivity index (χ1) is 21.8. The molecule has 232 valence electrons. The van der Waals surface area contributed by atoms with E-state index in [9.17, 15) is 19.5 Å². The van der Waals surface area contributed by atoms with Gasteiger partial charge < -0.3 is 19.6 Å². The largest absolute Gasteiger partial charge is 0.489 e. The third-order valence-corrected chi connectivity index (χ3v) is 9.97. The van der Waals surface area contributed by atoms with Crippen LogP contribution in [-0.2, 0) is 36.2 Å². The first kappa shape index (κ1) is 29.3. The van der Waals surface area contributed by atoms with Crippen LogP contribution in [0.5, 0.6) is 5.75 Å². The van der Waals surface area contributed by atoms with Gasteiger partial charge in [0.15, 0.2) is 0 Å². The number of carboxylic acids is 1. The normalized spacial score (nSPS) is 21.1. The molecule has 2 amide bonds. The quantitative estimate of drug-likeness (QED) is 0.300. The number of amides is 2. The van der Waals surface area contributed by atoms with Crippen molar-refractivity contribution in [3.8, 4) is 5.75 Å². The third kappa shape index (κ3) is 5.31. The Morgan fingerprint density at radius 2 is 1.87 bits per heavy atom. The zero-order chi connectivity index (χ0) is 31.2. The van der Waals surface area contributed by atoms with Crippen LogP contribution < -0.4 is 4.74 Å². The SMILES string of the molecule is Cn1nnc2cc(COc3ccc(Cl)c4c3[C@@H](CN3Cc5ccccc5C3=O)N(C(=O)C3CCCCC3C(=O)O)CC4)ccc21. The van der Waals surface area contributed by atoms with Crippen molar-refractivity contribution in [2.75, 3.05) is 13.1 Å². The highest BCUT2D eigenvalue weighted by Gasteiger charge is 2.44. The first-order valence-electron chi connectivity index (χ1n) is 15.4. The van der Waals surface area contributed by atoms with Gasteiger partial charge in [-0.1, -0.05) is 53.9 Å². The first-order valence-corrected chi connectivity index (χ1v) is 15.8. The number of nitrogens with zero attached hydrogens (tertiary/aromatic N) is 5. The molecule has 1 N–H and O–H groups in total. The predicted molar refractivity (Wildman–Crippen MR) is 167 cm³/mol. The van der Waals surface area contributed by atoms with Crippen LogP contribution in [-0.4, -0.2) is 60.8 Å². The van der Waals surface area contributed by atoms with Crippen molar-refractivity contribution in [1.29, 1.82) is 0 Å². The van der Waals surface area contributed by atoms with Gasteiger partial charge in [0.2, 0.25) is 5.91 Å². The van der Waals surface area contributed by atoms with Crippen LogP contribution in [0.3, 0.4) is 0 Å². The maximum absolute atomic E-state index is 14.3. The molecule has 10 nitrogen and oxygen atoms in total. The van der Waals surface area contributed by atoms with Gasteiger partial charge in [-0.25, -0.2) is 4.68 Å². The number of aromatic nitrogens is 3. The predicted octanol–water partition coefficient (Wildman–Crippen LogP) is 5.17. The molecule has 2 aliphatic heterocycles. The van der Waals surface area contributed by atoms with E-state index >= 15 is 0 Å². The maximum Gasteiger partial charge on any atom is 0.307 e. The number of hydrogen-bond donors (Lipinski definition) is 1. The Morgan fingerprint density at radius 3 is 2.67 bits per heavy atom. The number of carboxylic acid groups (broad SMARTS) is 1. The Kier molecular flexibility index (Phi) is 7.69. The minimum Gasteiger partial charge on any atom is -0.489 e. The van der Waals surface area contributed by atoms with Crippen molar-refractivity contribution in [3.63, 3.8) is 0 Å². The third-order valence-electron chi connectivity index (χ3n) is 9.61. The van der Waals surface area contributed by atoms with Gasteiger partial charge in [-0.15, -0.1) is 5.10 Å². The van der Waals surface area contributed by atoms with Crippen molar-refractivity contribution in [1.82, 2.24) is 24.8 Å². The molecular formula is C34H34ClN5O5. The molecule has 0 bridgehead atoms. The fraction of sp³-hybridized carbons (Fsp3) is 0.382. The molecule has 3 aromatic carbocycles. The summed E-state index contributed by atoms with van der Waals surface area (Å²) in [5, 5.41) is 18.9. The van der Waals surface area contributed by atoms with E-state index in [4.69, 9.17) is 16.3 Å². The van der Waals surface area contributed by atoms with Gasteiger partial charge in [0.25, 0.3) is 5.91 Å². The van der Waals surface area contributed by atoms with Crippen LogP contribution in [0.25, 0.3) is 11.0 Å². The monoisotopic (exact) mass is 627 g/mol. The Balaban J connectivity index is 1.25. The van der Waals surface area contributed by atoms with E-state index in [0.29, 0.717) is 48.7 Å². The second kappa shape index (κ2) is 11.8. The number of carbonyl (C=O) groups excluding carboxylic acids is 2. The average molecular weight is 628 g/mol. The average Bonchev–Trinajstić information content (AvgIpc) is 3.58. The fourth-order valence-corrected chi connectivity index (χ4v) is 7.56. The Morgan fingerprint density at radius 1 is 1.07 bits per heavy atom. The van der Waals surface area contributed by atoms with Crippen molar-refractivity contribution >= 4 is 40.4 Å². The van der Waals surface area contributed by atoms with E-state index in [1.54, 1.807) is 14.5 Å². The van der Waals surface area contributed by atoms with Crippen molar-refractivity contribution in [2.45, 2.75) is 51.3 Å². The zero-order valence-electron chi connectivity index (χ0n) is 25.0. The van der Waals surface area contributed by atoms with Gasteiger partial charge in [-0.05, 0) is 66.3 Å². The topological polar surface area (TPSA) is 118 Å². The number of rotatable bonds is 7. The van der Waals surface area contributed by atoms with Crippen LogP contribution in [0.1, 0.15) is 64.3 Å². The van der Waals surface area contributed by atoms with E-state index < -0.39 is 23.8 Å². The summed E-state index contributed by atoms with van der Waals surface area (Å²) >= 11 is 6.79. The van der Waals surface area contributed by atoms with Crippen molar-refractivity contribution in [3.05, 3.63) is 87.4 Å². The summed E-state index contributed by atoms with van der Waals surface area (Å²) in [6, 6.07) is 16.5. The lowest BCUT2D eigenvalue weighted by Crippen LogP contribution is -2.50. The summed E-state index contributed by atoms with van der Waals surface area (Å²) in [4.78, 5) is 43.7. The molecule has 7 rings (SSSR count). The molecule has 0 saturated heterocycles. The minimum atomic E-state index is -0.931. The van der Waals surface area contributed by atoms with Gasteiger partial charge in [-0.2, -0.15) is 0 Å². The van der Waals surface area contributed by atoms with Gasteiger partial charge in [-0.3, -0.25) is 14.4 Å². The lowest BCUT2D eigenvalue weighted by molar-refractivity contribution is -0.153. The van der Waals surface area contributed by atoms with Crippen LogP contribution in [0.2, 0.25) is 5.02 Å². The summed E-state index contributed by atoms with van der Waals surface area (Å²) < 4.78 is 8.18. The summed E-state index contributed by atoms with van der Waals surface area (Å²) in [6.45, 7) is 1.29. The second-order valence-electron chi connectivity index (χ2n) is 12.2. The molecule has 1 aliphatic carbocycles. The Bertz CT molecular complexity index is 1820. The molecule has 0 radical (unpaired) electrons. The number of benzene rings is 3. The van der Waals surface area contributed by atoms with Crippen LogP contribution in [0.4, 0.5) is 0 Å². The molecule has 3 atom stereocenters. The zero-order valence-corrected chi connectivity index (χ0v) is 25.7. The molecule has 3 aliphatic rings. The summed E-state index contributed by atoms with van der Waals surface area (Å²) in [5.41, 5.74) is 5.84. The number of carbonyl (C=O) groups is 3. The highest BCUT2D eigenvalue weighted by molar-refractivity contribution is 6.31. The van der Waals surface area contributed by atoms with E-state index in [2.05, 4.69) is 10.3 Å². The standard InChI is InChI=1S/C34H34ClN5O5/c1-38-28-12-10-20(16-27(28)36-37-38)19-45-30-13-11-26(35)25-14-15-40(33(42)23-8-4-5-9-24(23)34(43)44)29(31(25)30)18-39-17-21-6-2-3-7-22(21)32(39)41/h2-3,6-7,10-13,16,23-24,29H,4-5,8-9,14-15,17-19H2,1H3,(H,43,44)/t23?,24?,29-/m1/s1. The second-order valence-corrected chi connectivity index (χ2v) is 12.6. The van der Waals surface area contributed by atoms with Gasteiger partial charge in [0.1, 0.15) is 17.9 Å². The Hall–Kier alpha value is -4.44. The lowest BCUT2D eigenvalue weighted by Gasteiger charge is -2.43. The van der Waals surface area contributed by atoms with Crippen LogP contribution in [0, 0.1) is 11.8 Å². The number of fused-ring (bicyclic) bond motifs is 3. The summed E-state index contributed by atoms with van der Waals surface area (Å²) in [5.74, 6) is -1.96. The highest BCUT2D eigenvalue weighted by atomic mass is 35.5. The number of aliphatic carboxylic acids is 1. The number of hydrogen-bond acceptors (Lipinski definition) is 6. The molecular weight excluding hydrogens is 594 g/mol. The number of halogens is 1. The van der Waals surface area contributed by atoms with Crippen molar-refractivity contribution < 1.29 is 24.2 Å². The van der Waals surface area contributed by atoms with Crippen LogP contribution >= 0.6 is 11.6 Å². The van der Waals surface area contributed by atoms with Gasteiger partial charge in [0.05, 0.1) is 23.4 Å². The van der Waals surface area contributed by atoms with E-state index in [1.165, 1.54) is 0 Å². The number of ether oxygens (including phenoxy) is 1. The van der Waals surface area contributed by atoms with E-state index in [-0.39, 0.29) is 25.0 Å². The van der Waals surface area contributed by atoms with Gasteiger partial charge >= 0.3 is 5.97 Å². The van der Waals surface area contributed by atoms with Crippen LogP contribution in [0.15, 0.2) is 54.6 Å². The number of aryl methyl sites for hydroxylation is 1. The van der Waals surface area contributed by atoms with Gasteiger partial charge in [0, 0.05) is 42.8 Å². The smallest absolute Gasteiger partial charge is 0.307 e. The molecule has 3 heterocycles. The molecule has 11 heteroatoms. The molecule has 1 saturated carbocycles. The molecule has 0 spiro atoms. The molecule has 45 heavy (non-hydrogen) atoms. The molecule has 1 aromatic heterocycles. The molecule has 2 unspecified atom stereocenters. The summed E-state index contributed by atoms with van der Waals surface area (Å²) in [7, 11) is 1.84. The van der Waals surface area contributed by atoms with E-state index in [1.807, 2.05) is 61.6 Å². The lowest BCUT2D eigenvalue weighted by atomic mass is 9.77. The fourth-order valence-electron chi connectivity index (χ4n) is 7.30. The summed E-state index contributed by atoms with van der Waals surface area (Å²) in [6.07, 6.45) is 3.12. The highest BCUT2D eigenvalue weighted by Crippen LogP contribution is 2.44. The Labute approximate surface area is 265 Å². The minimum absolute atomic E-state index is 0.0898.